The van der Waals surface area contributed by atoms with E-state index in [-0.39, 0.29) is 12.2 Å². The van der Waals surface area contributed by atoms with E-state index in [9.17, 15) is 0 Å². The summed E-state index contributed by atoms with van der Waals surface area (Å²) in [7, 11) is 0. The van der Waals surface area contributed by atoms with Gasteiger partial charge in [0.2, 0.25) is 0 Å². The van der Waals surface area contributed by atoms with Gasteiger partial charge in [-0.3, -0.25) is 0 Å². The first kappa shape index (κ1) is 13.8. The van der Waals surface area contributed by atoms with Crippen LogP contribution in [0.1, 0.15) is 19.4 Å². The van der Waals surface area contributed by atoms with Crippen molar-refractivity contribution < 1.29 is 9.47 Å². The summed E-state index contributed by atoms with van der Waals surface area (Å²) in [5, 5.41) is 3.40. The molecule has 0 saturated carbocycles. The topological polar surface area (TPSA) is 30.5 Å². The van der Waals surface area contributed by atoms with Gasteiger partial charge in [0.25, 0.3) is 0 Å². The van der Waals surface area contributed by atoms with Gasteiger partial charge in [0.1, 0.15) is 11.9 Å². The zero-order valence-corrected chi connectivity index (χ0v) is 12.5. The van der Waals surface area contributed by atoms with E-state index in [1.165, 1.54) is 5.56 Å². The van der Waals surface area contributed by atoms with E-state index in [4.69, 9.17) is 9.47 Å². The molecule has 0 radical (unpaired) electrons. The van der Waals surface area contributed by atoms with Gasteiger partial charge < -0.3 is 14.8 Å². The molecule has 1 aromatic carbocycles. The zero-order chi connectivity index (χ0) is 13.0. The Labute approximate surface area is 117 Å². The monoisotopic (exact) mass is 313 g/mol. The molecule has 0 spiro atoms. The molecule has 0 bridgehead atoms. The third-order valence-electron chi connectivity index (χ3n) is 3.02. The lowest BCUT2D eigenvalue weighted by Gasteiger charge is -2.15. The second-order valence-electron chi connectivity index (χ2n) is 4.62. The van der Waals surface area contributed by atoms with Crippen LogP contribution < -0.4 is 10.1 Å². The summed E-state index contributed by atoms with van der Waals surface area (Å²) in [6.45, 7) is 6.60. The SMILES string of the molecule is CCOC(C)CNCC1Cc2cc(Br)ccc2O1. The number of benzene rings is 1. The Morgan fingerprint density at radius 2 is 2.39 bits per heavy atom. The van der Waals surface area contributed by atoms with Crippen molar-refractivity contribution in [2.45, 2.75) is 32.5 Å². The van der Waals surface area contributed by atoms with Gasteiger partial charge in [0.05, 0.1) is 6.10 Å². The molecule has 18 heavy (non-hydrogen) atoms. The standard InChI is InChI=1S/C14H20BrNO2/c1-3-17-10(2)8-16-9-13-7-11-6-12(15)4-5-14(11)18-13/h4-6,10,13,16H,3,7-9H2,1-2H3. The molecule has 2 atom stereocenters. The number of nitrogens with one attached hydrogen (secondary N) is 1. The Bertz CT molecular complexity index is 397. The fourth-order valence-electron chi connectivity index (χ4n) is 2.19. The Kier molecular flexibility index (Phi) is 5.03. The van der Waals surface area contributed by atoms with Crippen molar-refractivity contribution in [1.82, 2.24) is 5.32 Å². The highest BCUT2D eigenvalue weighted by molar-refractivity contribution is 9.10. The summed E-state index contributed by atoms with van der Waals surface area (Å²) in [5.74, 6) is 1.02. The fourth-order valence-corrected chi connectivity index (χ4v) is 2.60. The molecule has 0 saturated heterocycles. The predicted molar refractivity (Wildman–Crippen MR) is 76.2 cm³/mol. The van der Waals surface area contributed by atoms with Gasteiger partial charge >= 0.3 is 0 Å². The van der Waals surface area contributed by atoms with Crippen molar-refractivity contribution in [3.05, 3.63) is 28.2 Å². The number of fused-ring (bicyclic) bond motifs is 1. The Morgan fingerprint density at radius 3 is 3.17 bits per heavy atom. The van der Waals surface area contributed by atoms with Crippen molar-refractivity contribution in [2.24, 2.45) is 0 Å². The summed E-state index contributed by atoms with van der Waals surface area (Å²) in [4.78, 5) is 0. The maximum Gasteiger partial charge on any atom is 0.123 e. The molecule has 100 valence electrons. The molecule has 2 rings (SSSR count). The first-order valence-electron chi connectivity index (χ1n) is 6.46. The molecule has 0 amide bonds. The maximum absolute atomic E-state index is 5.88. The van der Waals surface area contributed by atoms with Crippen LogP contribution in [-0.2, 0) is 11.2 Å². The van der Waals surface area contributed by atoms with Crippen LogP contribution in [0.5, 0.6) is 5.75 Å². The molecule has 3 nitrogen and oxygen atoms in total. The molecule has 0 aliphatic carbocycles. The van der Waals surface area contributed by atoms with E-state index >= 15 is 0 Å². The lowest BCUT2D eigenvalue weighted by Crippen LogP contribution is -2.35. The third kappa shape index (κ3) is 3.70. The molecule has 4 heteroatoms. The van der Waals surface area contributed by atoms with E-state index in [1.807, 2.05) is 19.1 Å². The zero-order valence-electron chi connectivity index (χ0n) is 10.9. The minimum atomic E-state index is 0.239. The number of halogens is 1. The number of hydrogen-bond acceptors (Lipinski definition) is 3. The number of rotatable bonds is 6. The lowest BCUT2D eigenvalue weighted by molar-refractivity contribution is 0.0740. The molecule has 0 aromatic heterocycles. The van der Waals surface area contributed by atoms with Gasteiger partial charge in [-0.25, -0.2) is 0 Å². The second-order valence-corrected chi connectivity index (χ2v) is 5.54. The van der Waals surface area contributed by atoms with Crippen LogP contribution in [0.4, 0.5) is 0 Å². The van der Waals surface area contributed by atoms with E-state index in [0.29, 0.717) is 0 Å². The number of hydrogen-bond donors (Lipinski definition) is 1. The molecule has 1 aromatic rings. The predicted octanol–water partition coefficient (Wildman–Crippen LogP) is 2.77. The second kappa shape index (κ2) is 6.55. The van der Waals surface area contributed by atoms with Gasteiger partial charge in [-0.05, 0) is 37.6 Å². The van der Waals surface area contributed by atoms with E-state index in [0.717, 1.165) is 36.3 Å². The largest absolute Gasteiger partial charge is 0.488 e. The normalized spacial score (nSPS) is 19.4. The molecule has 1 heterocycles. The lowest BCUT2D eigenvalue weighted by atomic mass is 10.1. The van der Waals surface area contributed by atoms with Crippen molar-refractivity contribution >= 4 is 15.9 Å². The minimum absolute atomic E-state index is 0.239. The molecule has 0 fully saturated rings. The van der Waals surface area contributed by atoms with E-state index < -0.39 is 0 Å². The average molecular weight is 314 g/mol. The van der Waals surface area contributed by atoms with Crippen molar-refractivity contribution in [3.63, 3.8) is 0 Å². The van der Waals surface area contributed by atoms with Crippen LogP contribution in [0.2, 0.25) is 0 Å². The summed E-state index contributed by atoms with van der Waals surface area (Å²) < 4.78 is 12.5. The number of ether oxygens (including phenoxy) is 2. The Balaban J connectivity index is 1.74. The van der Waals surface area contributed by atoms with E-state index in [2.05, 4.69) is 34.2 Å². The maximum atomic E-state index is 5.88. The molecule has 1 aliphatic rings. The van der Waals surface area contributed by atoms with Crippen LogP contribution in [0.3, 0.4) is 0 Å². The van der Waals surface area contributed by atoms with Crippen molar-refractivity contribution in [3.8, 4) is 5.75 Å². The summed E-state index contributed by atoms with van der Waals surface area (Å²) in [5.41, 5.74) is 1.29. The third-order valence-corrected chi connectivity index (χ3v) is 3.51. The van der Waals surface area contributed by atoms with Crippen LogP contribution >= 0.6 is 15.9 Å². The van der Waals surface area contributed by atoms with Gasteiger partial charge in [-0.2, -0.15) is 0 Å². The quantitative estimate of drug-likeness (QED) is 0.876. The van der Waals surface area contributed by atoms with E-state index in [1.54, 1.807) is 0 Å². The highest BCUT2D eigenvalue weighted by atomic mass is 79.9. The summed E-state index contributed by atoms with van der Waals surface area (Å²) >= 11 is 3.49. The highest BCUT2D eigenvalue weighted by Crippen LogP contribution is 2.30. The fraction of sp³-hybridized carbons (Fsp3) is 0.571. The van der Waals surface area contributed by atoms with Crippen LogP contribution in [0.15, 0.2) is 22.7 Å². The van der Waals surface area contributed by atoms with Gasteiger partial charge in [-0.1, -0.05) is 15.9 Å². The van der Waals surface area contributed by atoms with Crippen LogP contribution in [-0.4, -0.2) is 31.9 Å². The molecule has 1 aliphatic heterocycles. The van der Waals surface area contributed by atoms with Crippen LogP contribution in [0.25, 0.3) is 0 Å². The van der Waals surface area contributed by atoms with Gasteiger partial charge in [0, 0.05) is 30.6 Å². The van der Waals surface area contributed by atoms with Gasteiger partial charge in [0.15, 0.2) is 0 Å². The highest BCUT2D eigenvalue weighted by Gasteiger charge is 2.22. The molecular formula is C14H20BrNO2. The van der Waals surface area contributed by atoms with Gasteiger partial charge in [-0.15, -0.1) is 0 Å². The molecule has 2 unspecified atom stereocenters. The Hall–Kier alpha value is -0.580. The average Bonchev–Trinajstić information content (AvgIpc) is 2.71. The smallest absolute Gasteiger partial charge is 0.123 e. The molecular weight excluding hydrogens is 294 g/mol. The van der Waals surface area contributed by atoms with Crippen molar-refractivity contribution in [2.75, 3.05) is 19.7 Å². The summed E-state index contributed by atoms with van der Waals surface area (Å²) in [6, 6.07) is 6.19. The van der Waals surface area contributed by atoms with Crippen LogP contribution in [0, 0.1) is 0 Å². The Morgan fingerprint density at radius 1 is 1.56 bits per heavy atom. The van der Waals surface area contributed by atoms with Crippen molar-refractivity contribution in [1.29, 1.82) is 0 Å². The first-order valence-corrected chi connectivity index (χ1v) is 7.25. The first-order chi connectivity index (χ1) is 8.69. The molecule has 1 N–H and O–H groups in total. The minimum Gasteiger partial charge on any atom is -0.488 e. The summed E-state index contributed by atoms with van der Waals surface area (Å²) in [6.07, 6.45) is 1.47.